The fourth-order valence-electron chi connectivity index (χ4n) is 1.11. The first-order valence-electron chi connectivity index (χ1n) is 3.72. The highest BCUT2D eigenvalue weighted by Crippen LogP contribution is 2.30. The Labute approximate surface area is 79.8 Å². The third kappa shape index (κ3) is 1.94. The number of carboxylic acids is 1. The normalized spacial score (nSPS) is 32.9. The van der Waals surface area contributed by atoms with E-state index in [1.807, 2.05) is 0 Å². The van der Waals surface area contributed by atoms with Crippen molar-refractivity contribution in [2.45, 2.75) is 17.8 Å². The fraction of sp³-hybridized carbons (Fsp3) is 0.714. The standard InChI is InChI=1S/C7H11NO4S/c1-7(6(11)12-2)8-4(3-13-7)5(9)10/h4,8H,3H2,1-2H3,(H,9,10). The number of esters is 1. The zero-order chi connectivity index (χ0) is 10.1. The molecule has 0 bridgehead atoms. The first-order chi connectivity index (χ1) is 5.99. The molecule has 2 atom stereocenters. The summed E-state index contributed by atoms with van der Waals surface area (Å²) in [7, 11) is 1.28. The van der Waals surface area contributed by atoms with Crippen molar-refractivity contribution in [2.24, 2.45) is 0 Å². The van der Waals surface area contributed by atoms with Crippen molar-refractivity contribution in [3.8, 4) is 0 Å². The molecule has 0 aromatic heterocycles. The van der Waals surface area contributed by atoms with Crippen LogP contribution >= 0.6 is 11.8 Å². The molecule has 1 aliphatic rings. The molecule has 0 saturated carbocycles. The van der Waals surface area contributed by atoms with Gasteiger partial charge in [0.15, 0.2) is 4.87 Å². The van der Waals surface area contributed by atoms with Crippen LogP contribution in [-0.2, 0) is 14.3 Å². The van der Waals surface area contributed by atoms with Crippen molar-refractivity contribution in [1.29, 1.82) is 0 Å². The number of carbonyl (C=O) groups excluding carboxylic acids is 1. The van der Waals surface area contributed by atoms with Crippen LogP contribution in [0.1, 0.15) is 6.92 Å². The number of aliphatic carboxylic acids is 1. The third-order valence-corrected chi connectivity index (χ3v) is 3.22. The molecule has 74 valence electrons. The topological polar surface area (TPSA) is 75.6 Å². The molecule has 1 saturated heterocycles. The highest BCUT2D eigenvalue weighted by Gasteiger charge is 2.44. The Morgan fingerprint density at radius 3 is 2.69 bits per heavy atom. The number of methoxy groups -OCH3 is 1. The number of ether oxygens (including phenoxy) is 1. The Hall–Kier alpha value is -0.750. The van der Waals surface area contributed by atoms with Crippen LogP contribution in [0.25, 0.3) is 0 Å². The second kappa shape index (κ2) is 3.55. The predicted molar refractivity (Wildman–Crippen MR) is 47.4 cm³/mol. The second-order valence-electron chi connectivity index (χ2n) is 2.87. The zero-order valence-corrected chi connectivity index (χ0v) is 8.18. The SMILES string of the molecule is COC(=O)C1(C)NC(C(=O)O)CS1. The summed E-state index contributed by atoms with van der Waals surface area (Å²) in [6, 6.07) is -0.672. The Balaban J connectivity index is 2.66. The molecule has 6 heteroatoms. The van der Waals surface area contributed by atoms with E-state index in [-0.39, 0.29) is 0 Å². The molecular weight excluding hydrogens is 194 g/mol. The van der Waals surface area contributed by atoms with Gasteiger partial charge in [-0.2, -0.15) is 0 Å². The molecule has 0 radical (unpaired) electrons. The number of hydrogen-bond donors (Lipinski definition) is 2. The number of hydrogen-bond acceptors (Lipinski definition) is 5. The molecule has 1 rings (SSSR count). The maximum Gasteiger partial charge on any atom is 0.336 e. The predicted octanol–water partition coefficient (Wildman–Crippen LogP) is -0.335. The van der Waals surface area contributed by atoms with E-state index in [9.17, 15) is 9.59 Å². The Morgan fingerprint density at radius 1 is 1.69 bits per heavy atom. The molecule has 2 N–H and O–H groups in total. The highest BCUT2D eigenvalue weighted by molar-refractivity contribution is 8.01. The number of rotatable bonds is 2. The van der Waals surface area contributed by atoms with Gasteiger partial charge in [0.2, 0.25) is 0 Å². The summed E-state index contributed by atoms with van der Waals surface area (Å²) in [6.07, 6.45) is 0. The molecule has 1 fully saturated rings. The largest absolute Gasteiger partial charge is 0.480 e. The van der Waals surface area contributed by atoms with Gasteiger partial charge in [-0.25, -0.2) is 4.79 Å². The van der Waals surface area contributed by atoms with Crippen LogP contribution in [0.15, 0.2) is 0 Å². The molecule has 1 heterocycles. The van der Waals surface area contributed by atoms with Crippen LogP contribution in [0.3, 0.4) is 0 Å². The van der Waals surface area contributed by atoms with Crippen molar-refractivity contribution in [2.75, 3.05) is 12.9 Å². The first-order valence-corrected chi connectivity index (χ1v) is 4.71. The van der Waals surface area contributed by atoms with Gasteiger partial charge in [0.05, 0.1) is 7.11 Å². The molecule has 0 aliphatic carbocycles. The van der Waals surface area contributed by atoms with Crippen LogP contribution in [-0.4, -0.2) is 40.8 Å². The smallest absolute Gasteiger partial charge is 0.336 e. The van der Waals surface area contributed by atoms with E-state index in [4.69, 9.17) is 5.11 Å². The molecule has 1 aliphatic heterocycles. The van der Waals surface area contributed by atoms with Crippen molar-refractivity contribution in [1.82, 2.24) is 5.32 Å². The minimum Gasteiger partial charge on any atom is -0.480 e. The van der Waals surface area contributed by atoms with Gasteiger partial charge < -0.3 is 9.84 Å². The van der Waals surface area contributed by atoms with Gasteiger partial charge in [-0.1, -0.05) is 0 Å². The Morgan fingerprint density at radius 2 is 2.31 bits per heavy atom. The average molecular weight is 205 g/mol. The van der Waals surface area contributed by atoms with Crippen molar-refractivity contribution < 1.29 is 19.4 Å². The summed E-state index contributed by atoms with van der Waals surface area (Å²) in [6.45, 7) is 1.62. The van der Waals surface area contributed by atoms with Gasteiger partial charge in [-0.3, -0.25) is 10.1 Å². The van der Waals surface area contributed by atoms with Gasteiger partial charge >= 0.3 is 11.9 Å². The van der Waals surface area contributed by atoms with E-state index in [0.29, 0.717) is 5.75 Å². The molecule has 13 heavy (non-hydrogen) atoms. The summed E-state index contributed by atoms with van der Waals surface area (Å²) in [5.74, 6) is -1.01. The van der Waals surface area contributed by atoms with Crippen molar-refractivity contribution >= 4 is 23.7 Å². The van der Waals surface area contributed by atoms with Gasteiger partial charge in [0.1, 0.15) is 6.04 Å². The van der Waals surface area contributed by atoms with E-state index >= 15 is 0 Å². The zero-order valence-electron chi connectivity index (χ0n) is 7.36. The average Bonchev–Trinajstić information content (AvgIpc) is 2.48. The molecule has 0 aromatic rings. The lowest BCUT2D eigenvalue weighted by Gasteiger charge is -2.20. The van der Waals surface area contributed by atoms with Crippen LogP contribution in [0.4, 0.5) is 0 Å². The van der Waals surface area contributed by atoms with Crippen LogP contribution in [0.2, 0.25) is 0 Å². The number of nitrogens with one attached hydrogen (secondary N) is 1. The lowest BCUT2D eigenvalue weighted by molar-refractivity contribution is -0.145. The van der Waals surface area contributed by atoms with Gasteiger partial charge in [-0.05, 0) is 6.92 Å². The minimum absolute atomic E-state index is 0.376. The van der Waals surface area contributed by atoms with Gasteiger partial charge in [-0.15, -0.1) is 11.8 Å². The van der Waals surface area contributed by atoms with E-state index in [1.54, 1.807) is 6.92 Å². The summed E-state index contributed by atoms with van der Waals surface area (Å²) < 4.78 is 4.55. The maximum absolute atomic E-state index is 11.2. The van der Waals surface area contributed by atoms with E-state index < -0.39 is 22.9 Å². The summed E-state index contributed by atoms with van der Waals surface area (Å²) in [5, 5.41) is 11.4. The third-order valence-electron chi connectivity index (χ3n) is 1.86. The first kappa shape index (κ1) is 10.3. The summed E-state index contributed by atoms with van der Waals surface area (Å²) in [4.78, 5) is 20.9. The van der Waals surface area contributed by atoms with Crippen LogP contribution in [0, 0.1) is 0 Å². The van der Waals surface area contributed by atoms with E-state index in [2.05, 4.69) is 10.1 Å². The molecular formula is C7H11NO4S. The number of carboxylic acid groups (broad SMARTS) is 1. The monoisotopic (exact) mass is 205 g/mol. The molecule has 0 aromatic carbocycles. The van der Waals surface area contributed by atoms with Crippen molar-refractivity contribution in [3.63, 3.8) is 0 Å². The lowest BCUT2D eigenvalue weighted by Crippen LogP contribution is -2.48. The van der Waals surface area contributed by atoms with E-state index in [1.165, 1.54) is 18.9 Å². The highest BCUT2D eigenvalue weighted by atomic mass is 32.2. The minimum atomic E-state index is -0.944. The second-order valence-corrected chi connectivity index (χ2v) is 4.31. The van der Waals surface area contributed by atoms with Crippen LogP contribution in [0.5, 0.6) is 0 Å². The molecule has 0 amide bonds. The van der Waals surface area contributed by atoms with Gasteiger partial charge in [0, 0.05) is 5.75 Å². The van der Waals surface area contributed by atoms with Crippen molar-refractivity contribution in [3.05, 3.63) is 0 Å². The lowest BCUT2D eigenvalue weighted by atomic mass is 10.2. The molecule has 2 unspecified atom stereocenters. The fourth-order valence-corrected chi connectivity index (χ4v) is 2.26. The summed E-state index contributed by atoms with van der Waals surface area (Å²) >= 11 is 1.25. The maximum atomic E-state index is 11.2. The van der Waals surface area contributed by atoms with Crippen LogP contribution < -0.4 is 5.32 Å². The number of carbonyl (C=O) groups is 2. The number of thioether (sulfide) groups is 1. The quantitative estimate of drug-likeness (QED) is 0.601. The Bertz CT molecular complexity index is 245. The summed E-state index contributed by atoms with van der Waals surface area (Å²) in [5.41, 5.74) is 0. The van der Waals surface area contributed by atoms with Gasteiger partial charge in [0.25, 0.3) is 0 Å². The molecule has 0 spiro atoms. The van der Waals surface area contributed by atoms with E-state index in [0.717, 1.165) is 0 Å². The molecule has 5 nitrogen and oxygen atoms in total. The Kier molecular flexibility index (Phi) is 2.82.